The van der Waals surface area contributed by atoms with E-state index in [0.717, 1.165) is 4.35 Å². The van der Waals surface area contributed by atoms with Gasteiger partial charge in [0.25, 0.3) is 0 Å². The van der Waals surface area contributed by atoms with Gasteiger partial charge in [-0.05, 0) is 0 Å². The molecular formula is C7H7AsO. The molecule has 1 aromatic rings. The quantitative estimate of drug-likeness (QED) is 0.583. The maximum absolute atomic E-state index is 10.3. The van der Waals surface area contributed by atoms with E-state index in [9.17, 15) is 3.74 Å². The predicted octanol–water partition coefficient (Wildman–Crippen LogP) is 0.670. The Labute approximate surface area is 61.0 Å². The molecule has 0 heterocycles. The summed E-state index contributed by atoms with van der Waals surface area (Å²) in [7, 11) is 0. The van der Waals surface area contributed by atoms with Crippen molar-refractivity contribution in [2.75, 3.05) is 0 Å². The molecule has 2 heteroatoms. The molecule has 0 saturated carbocycles. The van der Waals surface area contributed by atoms with Gasteiger partial charge in [0.2, 0.25) is 0 Å². The minimum absolute atomic E-state index is 0.829. The molecule has 0 aliphatic heterocycles. The van der Waals surface area contributed by atoms with Crippen molar-refractivity contribution in [3.63, 3.8) is 0 Å². The van der Waals surface area contributed by atoms with E-state index in [1.165, 1.54) is 5.56 Å². The molecule has 0 radical (unpaired) electrons. The number of hydrogen-bond donors (Lipinski definition) is 0. The molecule has 0 unspecified atom stereocenters. The molecule has 9 heavy (non-hydrogen) atoms. The van der Waals surface area contributed by atoms with E-state index >= 15 is 0 Å². The molecule has 0 aromatic heterocycles. The molecule has 0 fully saturated rings. The van der Waals surface area contributed by atoms with Gasteiger partial charge in [0.05, 0.1) is 0 Å². The Morgan fingerprint density at radius 1 is 1.22 bits per heavy atom. The molecule has 1 rings (SSSR count). The average molecular weight is 182 g/mol. The third kappa shape index (κ3) is 1.76. The van der Waals surface area contributed by atoms with Crippen LogP contribution in [-0.4, -0.2) is 15.7 Å². The van der Waals surface area contributed by atoms with Gasteiger partial charge in [-0.1, -0.05) is 0 Å². The predicted molar refractivity (Wildman–Crippen MR) is 37.3 cm³/mol. The van der Waals surface area contributed by atoms with Crippen LogP contribution >= 0.6 is 0 Å². The van der Waals surface area contributed by atoms with Crippen LogP contribution in [0.2, 0.25) is 0 Å². The molecule has 0 atom stereocenters. The van der Waals surface area contributed by atoms with Crippen molar-refractivity contribution in [1.82, 2.24) is 0 Å². The number of aryl methyl sites for hydroxylation is 1. The van der Waals surface area contributed by atoms with E-state index in [1.807, 2.05) is 31.2 Å². The van der Waals surface area contributed by atoms with Gasteiger partial charge in [0.1, 0.15) is 0 Å². The van der Waals surface area contributed by atoms with Crippen LogP contribution in [0.25, 0.3) is 0 Å². The van der Waals surface area contributed by atoms with Crippen molar-refractivity contribution in [1.29, 1.82) is 0 Å². The zero-order valence-electron chi connectivity index (χ0n) is 5.16. The molecule has 0 aliphatic carbocycles. The Balaban J connectivity index is 3.01. The zero-order chi connectivity index (χ0) is 6.69. The average Bonchev–Trinajstić information content (AvgIpc) is 1.90. The second-order valence-electron chi connectivity index (χ2n) is 1.93. The maximum atomic E-state index is 10.3. The first-order valence-electron chi connectivity index (χ1n) is 2.73. The summed E-state index contributed by atoms with van der Waals surface area (Å²) in [6, 6.07) is 7.76. The second kappa shape index (κ2) is 2.93. The van der Waals surface area contributed by atoms with E-state index in [4.69, 9.17) is 0 Å². The summed E-state index contributed by atoms with van der Waals surface area (Å²) in [4.78, 5) is 0. The SMILES string of the molecule is Cc1ccc([As]=O)cc1. The van der Waals surface area contributed by atoms with Gasteiger partial charge in [-0.15, -0.1) is 0 Å². The molecule has 1 nitrogen and oxygen atoms in total. The van der Waals surface area contributed by atoms with E-state index in [-0.39, 0.29) is 0 Å². The fraction of sp³-hybridized carbons (Fsp3) is 0.143. The Kier molecular flexibility index (Phi) is 2.18. The summed E-state index contributed by atoms with van der Waals surface area (Å²) in [6.45, 7) is 2.02. The van der Waals surface area contributed by atoms with Crippen LogP contribution in [0, 0.1) is 6.92 Å². The van der Waals surface area contributed by atoms with Crippen molar-refractivity contribution >= 4 is 20.0 Å². The number of rotatable bonds is 1. The van der Waals surface area contributed by atoms with Gasteiger partial charge >= 0.3 is 60.5 Å². The van der Waals surface area contributed by atoms with Crippen LogP contribution in [0.15, 0.2) is 24.3 Å². The first-order valence-corrected chi connectivity index (χ1v) is 4.43. The fourth-order valence-corrected chi connectivity index (χ4v) is 1.17. The summed E-state index contributed by atoms with van der Waals surface area (Å²) < 4.78 is 11.3. The van der Waals surface area contributed by atoms with Crippen LogP contribution < -0.4 is 4.35 Å². The normalized spacial score (nSPS) is 9.89. The van der Waals surface area contributed by atoms with Crippen LogP contribution in [0.3, 0.4) is 0 Å². The molecule has 0 spiro atoms. The monoisotopic (exact) mass is 182 g/mol. The van der Waals surface area contributed by atoms with E-state index < -0.39 is 15.7 Å². The summed E-state index contributed by atoms with van der Waals surface area (Å²) in [5.41, 5.74) is 1.22. The molecule has 46 valence electrons. The van der Waals surface area contributed by atoms with Gasteiger partial charge in [0.15, 0.2) is 0 Å². The fourth-order valence-electron chi connectivity index (χ4n) is 0.606. The molecule has 0 saturated heterocycles. The van der Waals surface area contributed by atoms with Crippen molar-refractivity contribution in [2.45, 2.75) is 6.92 Å². The van der Waals surface area contributed by atoms with Crippen molar-refractivity contribution in [3.8, 4) is 0 Å². The Morgan fingerprint density at radius 2 is 1.78 bits per heavy atom. The van der Waals surface area contributed by atoms with E-state index in [2.05, 4.69) is 0 Å². The minimum atomic E-state index is -0.829. The van der Waals surface area contributed by atoms with E-state index in [1.54, 1.807) is 0 Å². The first-order chi connectivity index (χ1) is 4.33. The van der Waals surface area contributed by atoms with Gasteiger partial charge in [-0.3, -0.25) is 0 Å². The van der Waals surface area contributed by atoms with E-state index in [0.29, 0.717) is 0 Å². The second-order valence-corrected chi connectivity index (χ2v) is 3.39. The zero-order valence-corrected chi connectivity index (χ0v) is 7.04. The third-order valence-electron chi connectivity index (χ3n) is 1.14. The molecule has 1 aromatic carbocycles. The summed E-state index contributed by atoms with van der Waals surface area (Å²) in [6.07, 6.45) is 0. The van der Waals surface area contributed by atoms with Crippen LogP contribution in [0.4, 0.5) is 0 Å². The summed E-state index contributed by atoms with van der Waals surface area (Å²) >= 11 is -0.829. The van der Waals surface area contributed by atoms with Gasteiger partial charge in [-0.2, -0.15) is 0 Å². The molecule has 0 N–H and O–H groups in total. The van der Waals surface area contributed by atoms with Crippen molar-refractivity contribution < 1.29 is 3.74 Å². The van der Waals surface area contributed by atoms with Crippen LogP contribution in [-0.2, 0) is 3.74 Å². The Hall–Kier alpha value is -0.422. The summed E-state index contributed by atoms with van der Waals surface area (Å²) in [5.74, 6) is 0. The molecule has 0 bridgehead atoms. The number of hydrogen-bond acceptors (Lipinski definition) is 1. The van der Waals surface area contributed by atoms with Gasteiger partial charge in [0, 0.05) is 0 Å². The van der Waals surface area contributed by atoms with Crippen LogP contribution in [0.5, 0.6) is 0 Å². The van der Waals surface area contributed by atoms with Crippen LogP contribution in [0.1, 0.15) is 5.56 Å². The van der Waals surface area contributed by atoms with Gasteiger partial charge in [-0.25, -0.2) is 0 Å². The molecule has 0 amide bonds. The molecule has 0 aliphatic rings. The third-order valence-corrected chi connectivity index (χ3v) is 2.21. The standard InChI is InChI=1S/C7H7AsO/c1-6-2-4-7(8-9)5-3-6/h2-5H,1H3. The van der Waals surface area contributed by atoms with Crippen molar-refractivity contribution in [2.24, 2.45) is 0 Å². The Bertz CT molecular complexity index is 203. The Morgan fingerprint density at radius 3 is 2.22 bits per heavy atom. The number of benzene rings is 1. The first kappa shape index (κ1) is 6.70. The summed E-state index contributed by atoms with van der Waals surface area (Å²) in [5, 5.41) is 0. The van der Waals surface area contributed by atoms with Crippen molar-refractivity contribution in [3.05, 3.63) is 29.8 Å². The van der Waals surface area contributed by atoms with Gasteiger partial charge < -0.3 is 0 Å². The topological polar surface area (TPSA) is 17.1 Å². The molecular weight excluding hydrogens is 175 g/mol.